The second kappa shape index (κ2) is 9.39. The smallest absolute Gasteiger partial charge is 0.234 e. The van der Waals surface area contributed by atoms with Gasteiger partial charge in [0.25, 0.3) is 0 Å². The van der Waals surface area contributed by atoms with Crippen LogP contribution in [-0.2, 0) is 11.3 Å². The number of benzene rings is 2. The molecule has 3 rings (SSSR count). The molecule has 1 aromatic heterocycles. The van der Waals surface area contributed by atoms with Gasteiger partial charge in [-0.1, -0.05) is 59.8 Å². The van der Waals surface area contributed by atoms with Crippen LogP contribution in [0.25, 0.3) is 0 Å². The largest absolute Gasteiger partial charge is 0.365 e. The first kappa shape index (κ1) is 19.2. The lowest BCUT2D eigenvalue weighted by atomic mass is 10.2. The molecule has 27 heavy (non-hydrogen) atoms. The third-order valence-electron chi connectivity index (χ3n) is 3.76. The van der Waals surface area contributed by atoms with Gasteiger partial charge in [0.05, 0.1) is 5.75 Å². The number of aromatic nitrogens is 2. The van der Waals surface area contributed by atoms with Crippen molar-refractivity contribution in [1.29, 1.82) is 0 Å². The van der Waals surface area contributed by atoms with Gasteiger partial charge in [-0.15, -0.1) is 10.2 Å². The fourth-order valence-electron chi connectivity index (χ4n) is 2.29. The number of hydrogen-bond donors (Lipinski definition) is 2. The van der Waals surface area contributed by atoms with Crippen LogP contribution in [0.3, 0.4) is 0 Å². The molecule has 2 N–H and O–H groups in total. The van der Waals surface area contributed by atoms with Gasteiger partial charge in [-0.25, -0.2) is 0 Å². The monoisotopic (exact) mass is 398 g/mol. The molecule has 7 heteroatoms. The molecule has 0 fully saturated rings. The summed E-state index contributed by atoms with van der Waals surface area (Å²) in [6, 6.07) is 19.2. The molecule has 0 spiro atoms. The summed E-state index contributed by atoms with van der Waals surface area (Å²) in [5.74, 6) is 0.826. The van der Waals surface area contributed by atoms with Crippen molar-refractivity contribution in [2.45, 2.75) is 18.5 Å². The highest BCUT2D eigenvalue weighted by Gasteiger charge is 2.06. The van der Waals surface area contributed by atoms with Gasteiger partial charge in [-0.3, -0.25) is 4.79 Å². The van der Waals surface area contributed by atoms with Crippen molar-refractivity contribution < 1.29 is 4.79 Å². The number of halogens is 1. The minimum Gasteiger partial charge on any atom is -0.365 e. The van der Waals surface area contributed by atoms with Crippen LogP contribution in [0.1, 0.15) is 11.1 Å². The Bertz CT molecular complexity index is 904. The molecule has 0 bridgehead atoms. The van der Waals surface area contributed by atoms with Gasteiger partial charge in [0.2, 0.25) is 5.91 Å². The molecule has 0 aliphatic carbocycles. The van der Waals surface area contributed by atoms with E-state index in [0.717, 1.165) is 5.56 Å². The number of carbonyl (C=O) groups is 1. The zero-order valence-electron chi connectivity index (χ0n) is 14.8. The number of carbonyl (C=O) groups excluding carboxylic acids is 1. The quantitative estimate of drug-likeness (QED) is 0.560. The lowest BCUT2D eigenvalue weighted by molar-refractivity contribution is -0.113. The minimum atomic E-state index is -0.118. The molecule has 2 aromatic carbocycles. The highest BCUT2D eigenvalue weighted by Crippen LogP contribution is 2.21. The lowest BCUT2D eigenvalue weighted by Gasteiger charge is -2.07. The second-order valence-electron chi connectivity index (χ2n) is 5.90. The van der Waals surface area contributed by atoms with E-state index in [1.54, 1.807) is 6.07 Å². The summed E-state index contributed by atoms with van der Waals surface area (Å²) in [6.45, 7) is 2.60. The molecular weight excluding hydrogens is 380 g/mol. The van der Waals surface area contributed by atoms with Gasteiger partial charge in [-0.05, 0) is 42.3 Å². The van der Waals surface area contributed by atoms with Gasteiger partial charge < -0.3 is 10.6 Å². The predicted octanol–water partition coefficient (Wildman–Crippen LogP) is 4.78. The highest BCUT2D eigenvalue weighted by molar-refractivity contribution is 7.99. The fraction of sp³-hybridized carbons (Fsp3) is 0.150. The standard InChI is InChI=1S/C20H19ClN4OS/c1-14-7-8-16(11-17(14)21)23-19(26)13-27-20-10-9-18(24-25-20)22-12-15-5-3-2-4-6-15/h2-11H,12-13H2,1H3,(H,22,24)(H,23,26). The average Bonchev–Trinajstić information content (AvgIpc) is 2.69. The number of rotatable bonds is 7. The Hall–Kier alpha value is -2.57. The molecule has 0 saturated carbocycles. The molecule has 1 amide bonds. The zero-order valence-corrected chi connectivity index (χ0v) is 16.3. The summed E-state index contributed by atoms with van der Waals surface area (Å²) in [4.78, 5) is 12.1. The van der Waals surface area contributed by atoms with Gasteiger partial charge in [0, 0.05) is 17.3 Å². The van der Waals surface area contributed by atoms with Crippen molar-refractivity contribution >= 4 is 40.8 Å². The lowest BCUT2D eigenvalue weighted by Crippen LogP contribution is -2.14. The summed E-state index contributed by atoms with van der Waals surface area (Å²) in [5, 5.41) is 15.7. The van der Waals surface area contributed by atoms with Crippen LogP contribution in [0.5, 0.6) is 0 Å². The molecule has 0 atom stereocenters. The van der Waals surface area contributed by atoms with Crippen molar-refractivity contribution in [2.24, 2.45) is 0 Å². The van der Waals surface area contributed by atoms with E-state index >= 15 is 0 Å². The maximum atomic E-state index is 12.1. The van der Waals surface area contributed by atoms with E-state index in [1.165, 1.54) is 17.3 Å². The molecule has 0 unspecified atom stereocenters. The highest BCUT2D eigenvalue weighted by atomic mass is 35.5. The molecule has 3 aromatic rings. The van der Waals surface area contributed by atoms with Gasteiger partial charge in [0.1, 0.15) is 10.8 Å². The number of nitrogens with zero attached hydrogens (tertiary/aromatic N) is 2. The third kappa shape index (κ3) is 5.98. The van der Waals surface area contributed by atoms with Crippen LogP contribution in [-0.4, -0.2) is 21.9 Å². The van der Waals surface area contributed by atoms with Crippen LogP contribution in [0.15, 0.2) is 65.7 Å². The predicted molar refractivity (Wildman–Crippen MR) is 111 cm³/mol. The molecule has 0 radical (unpaired) electrons. The molecule has 138 valence electrons. The van der Waals surface area contributed by atoms with Gasteiger partial charge in [-0.2, -0.15) is 0 Å². The van der Waals surface area contributed by atoms with Crippen LogP contribution >= 0.6 is 23.4 Å². The van der Waals surface area contributed by atoms with E-state index in [4.69, 9.17) is 11.6 Å². The summed E-state index contributed by atoms with van der Waals surface area (Å²) in [7, 11) is 0. The van der Waals surface area contributed by atoms with Gasteiger partial charge >= 0.3 is 0 Å². The van der Waals surface area contributed by atoms with Crippen molar-refractivity contribution in [3.8, 4) is 0 Å². The minimum absolute atomic E-state index is 0.118. The first-order valence-electron chi connectivity index (χ1n) is 8.40. The van der Waals surface area contributed by atoms with Gasteiger partial charge in [0.15, 0.2) is 0 Å². The van der Waals surface area contributed by atoms with Crippen molar-refractivity contribution in [3.05, 3.63) is 76.8 Å². The number of hydrogen-bond acceptors (Lipinski definition) is 5. The van der Waals surface area contributed by atoms with Crippen molar-refractivity contribution in [3.63, 3.8) is 0 Å². The van der Waals surface area contributed by atoms with Crippen LogP contribution < -0.4 is 10.6 Å². The van der Waals surface area contributed by atoms with E-state index in [0.29, 0.717) is 28.1 Å². The summed E-state index contributed by atoms with van der Waals surface area (Å²) < 4.78 is 0. The first-order chi connectivity index (χ1) is 13.1. The third-order valence-corrected chi connectivity index (χ3v) is 5.09. The Morgan fingerprint density at radius 1 is 1.07 bits per heavy atom. The zero-order chi connectivity index (χ0) is 19.1. The summed E-state index contributed by atoms with van der Waals surface area (Å²) in [6.07, 6.45) is 0. The number of nitrogens with one attached hydrogen (secondary N) is 2. The maximum Gasteiger partial charge on any atom is 0.234 e. The number of amides is 1. The van der Waals surface area contributed by atoms with Crippen molar-refractivity contribution in [1.82, 2.24) is 10.2 Å². The van der Waals surface area contributed by atoms with Crippen LogP contribution in [0.2, 0.25) is 5.02 Å². The Morgan fingerprint density at radius 2 is 1.89 bits per heavy atom. The van der Waals surface area contributed by atoms with Crippen molar-refractivity contribution in [2.75, 3.05) is 16.4 Å². The molecule has 0 aliphatic heterocycles. The Morgan fingerprint density at radius 3 is 2.59 bits per heavy atom. The average molecular weight is 399 g/mol. The molecule has 5 nitrogen and oxygen atoms in total. The number of aryl methyl sites for hydroxylation is 1. The maximum absolute atomic E-state index is 12.1. The van der Waals surface area contributed by atoms with E-state index < -0.39 is 0 Å². The molecular formula is C20H19ClN4OS. The molecule has 0 saturated heterocycles. The SMILES string of the molecule is Cc1ccc(NC(=O)CSc2ccc(NCc3ccccc3)nn2)cc1Cl. The summed E-state index contributed by atoms with van der Waals surface area (Å²) >= 11 is 7.40. The number of thioether (sulfide) groups is 1. The van der Waals surface area contributed by atoms with Crippen LogP contribution in [0, 0.1) is 6.92 Å². The van der Waals surface area contributed by atoms with E-state index in [-0.39, 0.29) is 11.7 Å². The van der Waals surface area contributed by atoms with Crippen LogP contribution in [0.4, 0.5) is 11.5 Å². The second-order valence-corrected chi connectivity index (χ2v) is 7.30. The Kier molecular flexibility index (Phi) is 6.68. The van der Waals surface area contributed by atoms with E-state index in [1.807, 2.05) is 61.5 Å². The Balaban J connectivity index is 1.46. The topological polar surface area (TPSA) is 66.9 Å². The molecule has 1 heterocycles. The summed E-state index contributed by atoms with van der Waals surface area (Å²) in [5.41, 5.74) is 2.83. The Labute approximate surface area is 167 Å². The van der Waals surface area contributed by atoms with E-state index in [9.17, 15) is 4.79 Å². The number of anilines is 2. The first-order valence-corrected chi connectivity index (χ1v) is 9.77. The normalized spacial score (nSPS) is 10.4. The molecule has 0 aliphatic rings. The fourth-order valence-corrected chi connectivity index (χ4v) is 3.08. The van der Waals surface area contributed by atoms with E-state index in [2.05, 4.69) is 20.8 Å².